The molecule has 0 aliphatic rings. The van der Waals surface area contributed by atoms with Crippen molar-refractivity contribution >= 4 is 0 Å². The van der Waals surface area contributed by atoms with E-state index in [-0.39, 0.29) is 38.1 Å². The van der Waals surface area contributed by atoms with Gasteiger partial charge in [0.15, 0.2) is 0 Å². The average Bonchev–Trinajstić information content (AvgIpc) is 2.03. The summed E-state index contributed by atoms with van der Waals surface area (Å²) in [6, 6.07) is 0.461. The largest absolute Gasteiger partial charge is 0.342 e. The first-order valence-electron chi connectivity index (χ1n) is 5.59. The van der Waals surface area contributed by atoms with Crippen molar-refractivity contribution in [1.82, 2.24) is 4.90 Å². The van der Waals surface area contributed by atoms with Gasteiger partial charge in [-0.25, -0.2) is 0 Å². The molecule has 0 amide bonds. The van der Waals surface area contributed by atoms with Gasteiger partial charge in [0, 0.05) is 32.7 Å². The molecule has 0 aliphatic heterocycles. The number of rotatable bonds is 5. The molecule has 1 atom stereocenters. The average molecular weight is 286 g/mol. The predicted molar refractivity (Wildman–Crippen MR) is 64.9 cm³/mol. The van der Waals surface area contributed by atoms with Crippen LogP contribution in [0, 0.1) is 31.1 Å². The fraction of sp³-hybridized carbons (Fsp3) is 0.846. The molecular weight excluding hydrogens is 259 g/mol. The summed E-state index contributed by atoms with van der Waals surface area (Å²) in [4.78, 5) is 2.26. The van der Waals surface area contributed by atoms with Gasteiger partial charge in [0.1, 0.15) is 0 Å². The summed E-state index contributed by atoms with van der Waals surface area (Å²) in [5.41, 5.74) is 0.102. The van der Waals surface area contributed by atoms with E-state index in [2.05, 4.69) is 60.5 Å². The van der Waals surface area contributed by atoms with Crippen molar-refractivity contribution in [2.24, 2.45) is 17.3 Å². The Balaban J connectivity index is 0. The van der Waals surface area contributed by atoms with Crippen molar-refractivity contribution in [2.75, 3.05) is 14.1 Å². The summed E-state index contributed by atoms with van der Waals surface area (Å²) in [5.74, 6) is 1.16. The van der Waals surface area contributed by atoms with Gasteiger partial charge in [-0.15, -0.1) is 5.41 Å². The van der Waals surface area contributed by atoms with Crippen LogP contribution in [-0.4, -0.2) is 25.0 Å². The standard InChI is InChI=1S/C13H27N.Y/c1-9-12(14(7)8)13(6,10(2)3)11(4)5;/h10-12H,1,6,9H2,2-5,7-8H3;/q-2;. The van der Waals surface area contributed by atoms with Crippen molar-refractivity contribution in [3.63, 3.8) is 0 Å². The molecule has 1 unspecified atom stereocenters. The van der Waals surface area contributed by atoms with Crippen molar-refractivity contribution in [1.29, 1.82) is 0 Å². The molecule has 0 fully saturated rings. The van der Waals surface area contributed by atoms with E-state index in [4.69, 9.17) is 0 Å². The molecule has 2 heteroatoms. The van der Waals surface area contributed by atoms with Crippen molar-refractivity contribution < 1.29 is 32.7 Å². The smallest absolute Gasteiger partial charge is 0 e. The second-order valence-corrected chi connectivity index (χ2v) is 5.19. The van der Waals surface area contributed by atoms with Gasteiger partial charge in [0.05, 0.1) is 0 Å². The molecule has 89 valence electrons. The minimum Gasteiger partial charge on any atom is -0.342 e. The van der Waals surface area contributed by atoms with Crippen LogP contribution < -0.4 is 0 Å². The number of hydrogen-bond donors (Lipinski definition) is 0. The summed E-state index contributed by atoms with van der Waals surface area (Å²) in [5, 5.41) is 0. The van der Waals surface area contributed by atoms with Gasteiger partial charge in [-0.05, 0) is 20.1 Å². The monoisotopic (exact) mass is 286 g/mol. The molecule has 0 N–H and O–H groups in total. The molecule has 0 aromatic carbocycles. The quantitative estimate of drug-likeness (QED) is 0.701. The fourth-order valence-electron chi connectivity index (χ4n) is 2.44. The Morgan fingerprint density at radius 3 is 1.47 bits per heavy atom. The minimum atomic E-state index is 0. The Hall–Kier alpha value is 1.06. The predicted octanol–water partition coefficient (Wildman–Crippen LogP) is 3.27. The van der Waals surface area contributed by atoms with Crippen LogP contribution in [0.2, 0.25) is 0 Å². The summed E-state index contributed by atoms with van der Waals surface area (Å²) in [6.45, 7) is 17.6. The Morgan fingerprint density at radius 1 is 1.07 bits per heavy atom. The van der Waals surface area contributed by atoms with E-state index in [1.807, 2.05) is 0 Å². The third-order valence-electron chi connectivity index (χ3n) is 3.67. The van der Waals surface area contributed by atoms with Crippen LogP contribution in [-0.2, 0) is 32.7 Å². The zero-order valence-corrected chi connectivity index (χ0v) is 14.2. The first kappa shape index (κ1) is 18.4. The third-order valence-corrected chi connectivity index (χ3v) is 3.67. The normalized spacial score (nSPS) is 14.6. The van der Waals surface area contributed by atoms with Gasteiger partial charge in [-0.2, -0.15) is 6.42 Å². The Bertz CT molecular complexity index is 156. The van der Waals surface area contributed by atoms with E-state index in [0.717, 1.165) is 6.42 Å². The molecule has 0 saturated carbocycles. The van der Waals surface area contributed by atoms with E-state index in [9.17, 15) is 0 Å². The number of hydrogen-bond acceptors (Lipinski definition) is 1. The van der Waals surface area contributed by atoms with E-state index < -0.39 is 0 Å². The van der Waals surface area contributed by atoms with Crippen LogP contribution in [0.15, 0.2) is 0 Å². The maximum absolute atomic E-state index is 4.48. The van der Waals surface area contributed by atoms with Gasteiger partial charge in [-0.3, -0.25) is 0 Å². The summed E-state index contributed by atoms with van der Waals surface area (Å²) in [7, 11) is 4.25. The Kier molecular flexibility index (Phi) is 9.09. The molecule has 0 heterocycles. The Morgan fingerprint density at radius 2 is 1.40 bits per heavy atom. The maximum Gasteiger partial charge on any atom is 0 e. The van der Waals surface area contributed by atoms with Crippen molar-refractivity contribution in [2.45, 2.75) is 40.2 Å². The topological polar surface area (TPSA) is 3.24 Å². The maximum atomic E-state index is 4.48. The molecule has 0 aromatic heterocycles. The van der Waals surface area contributed by atoms with Crippen LogP contribution in [0.1, 0.15) is 34.1 Å². The first-order valence-corrected chi connectivity index (χ1v) is 5.59. The molecule has 0 aromatic rings. The zero-order valence-electron chi connectivity index (χ0n) is 11.4. The first-order chi connectivity index (χ1) is 6.28. The fourth-order valence-corrected chi connectivity index (χ4v) is 2.44. The van der Waals surface area contributed by atoms with Crippen molar-refractivity contribution in [3.05, 3.63) is 13.8 Å². The van der Waals surface area contributed by atoms with Gasteiger partial charge < -0.3 is 18.7 Å². The van der Waals surface area contributed by atoms with Crippen LogP contribution in [0.4, 0.5) is 0 Å². The van der Waals surface area contributed by atoms with E-state index >= 15 is 0 Å². The summed E-state index contributed by atoms with van der Waals surface area (Å²) in [6.07, 6.45) is 0.923. The van der Waals surface area contributed by atoms with Crippen molar-refractivity contribution in [3.8, 4) is 0 Å². The van der Waals surface area contributed by atoms with Gasteiger partial charge in [0.2, 0.25) is 0 Å². The number of nitrogens with zero attached hydrogens (tertiary/aromatic N) is 1. The zero-order chi connectivity index (χ0) is 11.5. The minimum absolute atomic E-state index is 0. The second kappa shape index (κ2) is 7.40. The van der Waals surface area contributed by atoms with E-state index in [1.54, 1.807) is 0 Å². The summed E-state index contributed by atoms with van der Waals surface area (Å²) < 4.78 is 0. The van der Waals surface area contributed by atoms with Crippen LogP contribution in [0.5, 0.6) is 0 Å². The van der Waals surface area contributed by atoms with Gasteiger partial charge >= 0.3 is 0 Å². The van der Waals surface area contributed by atoms with Crippen LogP contribution in [0.25, 0.3) is 0 Å². The van der Waals surface area contributed by atoms with Crippen LogP contribution in [0.3, 0.4) is 0 Å². The van der Waals surface area contributed by atoms with Gasteiger partial charge in [-0.1, -0.05) is 39.5 Å². The molecule has 0 saturated heterocycles. The third kappa shape index (κ3) is 4.09. The molecule has 0 bridgehead atoms. The molecule has 0 spiro atoms. The second-order valence-electron chi connectivity index (χ2n) is 5.19. The van der Waals surface area contributed by atoms with E-state index in [0.29, 0.717) is 17.9 Å². The van der Waals surface area contributed by atoms with E-state index in [1.165, 1.54) is 0 Å². The Labute approximate surface area is 122 Å². The van der Waals surface area contributed by atoms with Gasteiger partial charge in [0.25, 0.3) is 0 Å². The molecule has 1 nitrogen and oxygen atoms in total. The molecule has 15 heavy (non-hydrogen) atoms. The molecule has 0 rings (SSSR count). The SMILES string of the molecule is [CH2-]CC(N(C)C)C([CH2-])(C(C)C)C(C)C.[Y]. The molecule has 1 radical (unpaired) electrons. The molecule has 0 aliphatic carbocycles. The summed E-state index contributed by atoms with van der Waals surface area (Å²) >= 11 is 0. The van der Waals surface area contributed by atoms with Crippen LogP contribution >= 0.6 is 0 Å². The molecular formula is C13H27NY-2.